The van der Waals surface area contributed by atoms with Gasteiger partial charge >= 0.3 is 11.9 Å². The molecule has 0 fully saturated rings. The third-order valence-electron chi connectivity index (χ3n) is 3.68. The number of carbonyl (C=O) groups excluding carboxylic acids is 2. The molecule has 7 nitrogen and oxygen atoms in total. The molecule has 0 unspecified atom stereocenters. The van der Waals surface area contributed by atoms with Crippen molar-refractivity contribution in [2.75, 3.05) is 13.2 Å². The molecule has 0 aliphatic carbocycles. The van der Waals surface area contributed by atoms with Gasteiger partial charge in [-0.15, -0.1) is 0 Å². The van der Waals surface area contributed by atoms with Crippen molar-refractivity contribution in [2.24, 2.45) is 5.10 Å². The number of amides is 1. The third kappa shape index (κ3) is 5.68. The first-order valence-electron chi connectivity index (χ1n) is 8.56. The lowest BCUT2D eigenvalue weighted by atomic mass is 10.2. The first-order valence-corrected chi connectivity index (χ1v) is 10.2. The molecule has 0 aliphatic rings. The summed E-state index contributed by atoms with van der Waals surface area (Å²) in [4.78, 5) is 23.5. The zero-order valence-electron chi connectivity index (χ0n) is 15.3. The maximum Gasteiger partial charge on any atom is 0.344 e. The molecule has 0 saturated carbocycles. The molecule has 0 bridgehead atoms. The summed E-state index contributed by atoms with van der Waals surface area (Å²) in [5, 5.41) is 4.73. The minimum absolute atomic E-state index is 0.151. The van der Waals surface area contributed by atoms with Crippen molar-refractivity contribution < 1.29 is 23.5 Å². The molecule has 0 spiro atoms. The van der Waals surface area contributed by atoms with Gasteiger partial charge in [-0.25, -0.2) is 10.2 Å². The number of hydrazone groups is 1. The fourth-order valence-electron chi connectivity index (χ4n) is 2.40. The Kier molecular flexibility index (Phi) is 7.05. The second-order valence-electron chi connectivity index (χ2n) is 5.78. The van der Waals surface area contributed by atoms with Crippen molar-refractivity contribution in [2.45, 2.75) is 6.92 Å². The van der Waals surface area contributed by atoms with Crippen LogP contribution in [-0.2, 0) is 9.53 Å². The Morgan fingerprint density at radius 2 is 1.93 bits per heavy atom. The number of ether oxygens (including phenoxy) is 2. The van der Waals surface area contributed by atoms with Crippen LogP contribution >= 0.6 is 31.9 Å². The zero-order valence-corrected chi connectivity index (χ0v) is 18.4. The highest BCUT2D eigenvalue weighted by Gasteiger charge is 2.14. The van der Waals surface area contributed by atoms with E-state index in [0.717, 1.165) is 19.9 Å². The van der Waals surface area contributed by atoms with Gasteiger partial charge in [-0.1, -0.05) is 15.9 Å². The van der Waals surface area contributed by atoms with E-state index in [4.69, 9.17) is 13.9 Å². The van der Waals surface area contributed by atoms with Crippen LogP contribution in [0, 0.1) is 0 Å². The molecule has 1 amide bonds. The van der Waals surface area contributed by atoms with Crippen LogP contribution in [-0.4, -0.2) is 31.3 Å². The van der Waals surface area contributed by atoms with Crippen LogP contribution in [0.1, 0.15) is 23.0 Å². The Balaban J connectivity index is 1.57. The van der Waals surface area contributed by atoms with Gasteiger partial charge < -0.3 is 13.9 Å². The van der Waals surface area contributed by atoms with Gasteiger partial charge in [-0.05, 0) is 70.9 Å². The molecule has 1 N–H and O–H groups in total. The molecule has 3 rings (SSSR count). The molecule has 2 aromatic carbocycles. The molecule has 9 heteroatoms. The molecule has 29 heavy (non-hydrogen) atoms. The largest absolute Gasteiger partial charge is 0.482 e. The van der Waals surface area contributed by atoms with Crippen molar-refractivity contribution >= 4 is 60.9 Å². The third-order valence-corrected chi connectivity index (χ3v) is 4.73. The first-order chi connectivity index (χ1) is 14.0. The second kappa shape index (κ2) is 9.71. The number of nitrogens with one attached hydrogen (secondary N) is 1. The average molecular weight is 524 g/mol. The maximum atomic E-state index is 12.2. The highest BCUT2D eigenvalue weighted by molar-refractivity contribution is 9.11. The lowest BCUT2D eigenvalue weighted by Gasteiger charge is -2.05. The summed E-state index contributed by atoms with van der Waals surface area (Å²) in [6.45, 7) is 1.89. The van der Waals surface area contributed by atoms with Crippen LogP contribution in [0.4, 0.5) is 0 Å². The minimum Gasteiger partial charge on any atom is -0.482 e. The summed E-state index contributed by atoms with van der Waals surface area (Å²) in [5.74, 6) is -0.211. The van der Waals surface area contributed by atoms with Crippen molar-refractivity contribution in [1.82, 2.24) is 5.43 Å². The van der Waals surface area contributed by atoms with Crippen LogP contribution < -0.4 is 10.2 Å². The molecule has 0 radical (unpaired) electrons. The number of hydrogen-bond donors (Lipinski definition) is 1. The molecule has 3 aromatic rings. The van der Waals surface area contributed by atoms with Gasteiger partial charge in [0.25, 0.3) is 0 Å². The topological polar surface area (TPSA) is 90.1 Å². The zero-order chi connectivity index (χ0) is 20.8. The Labute approximate surface area is 183 Å². The summed E-state index contributed by atoms with van der Waals surface area (Å²) < 4.78 is 17.3. The first kappa shape index (κ1) is 21.1. The minimum atomic E-state index is -0.463. The number of nitrogens with zero attached hydrogens (tertiary/aromatic N) is 1. The van der Waals surface area contributed by atoms with Gasteiger partial charge in [0.1, 0.15) is 11.3 Å². The van der Waals surface area contributed by atoms with Crippen LogP contribution in [0.3, 0.4) is 0 Å². The van der Waals surface area contributed by atoms with Gasteiger partial charge in [0, 0.05) is 9.86 Å². The van der Waals surface area contributed by atoms with Crippen molar-refractivity contribution in [1.29, 1.82) is 0 Å². The smallest absolute Gasteiger partial charge is 0.344 e. The van der Waals surface area contributed by atoms with E-state index in [2.05, 4.69) is 42.4 Å². The van der Waals surface area contributed by atoms with Crippen molar-refractivity contribution in [3.63, 3.8) is 0 Å². The van der Waals surface area contributed by atoms with Crippen LogP contribution in [0.15, 0.2) is 60.9 Å². The van der Waals surface area contributed by atoms with Gasteiger partial charge in [-0.2, -0.15) is 5.10 Å². The predicted octanol–water partition coefficient (Wildman–Crippen LogP) is 4.66. The van der Waals surface area contributed by atoms with Gasteiger partial charge in [0.2, 0.25) is 0 Å². The molecule has 1 aromatic heterocycles. The van der Waals surface area contributed by atoms with E-state index in [0.29, 0.717) is 17.9 Å². The van der Waals surface area contributed by atoms with Crippen molar-refractivity contribution in [3.05, 3.63) is 62.7 Å². The summed E-state index contributed by atoms with van der Waals surface area (Å²) in [7, 11) is 0. The van der Waals surface area contributed by atoms with Gasteiger partial charge in [0.15, 0.2) is 12.4 Å². The van der Waals surface area contributed by atoms with E-state index in [9.17, 15) is 9.59 Å². The van der Waals surface area contributed by atoms with E-state index in [1.54, 1.807) is 37.3 Å². The second-order valence-corrected chi connectivity index (χ2v) is 7.55. The van der Waals surface area contributed by atoms with Crippen molar-refractivity contribution in [3.8, 4) is 5.75 Å². The standard InChI is InChI=1S/C20H16Br2N2O5/c1-2-27-18(25)11-28-15-5-3-12(4-6-15)10-23-24-20(26)17-8-13-7-14(21)9-16(22)19(13)29-17/h3-10H,2,11H2,1H3,(H,24,26)/b23-10-. The highest BCUT2D eigenvalue weighted by Crippen LogP contribution is 2.30. The SMILES string of the molecule is CCOC(=O)COc1ccc(/C=N\NC(=O)c2cc3cc(Br)cc(Br)c3o2)cc1. The van der Waals surface area contributed by atoms with Crippen LogP contribution in [0.5, 0.6) is 5.75 Å². The predicted molar refractivity (Wildman–Crippen MR) is 115 cm³/mol. The molecule has 1 heterocycles. The van der Waals surface area contributed by atoms with E-state index >= 15 is 0 Å². The quantitative estimate of drug-likeness (QED) is 0.276. The van der Waals surface area contributed by atoms with E-state index in [1.807, 2.05) is 12.1 Å². The maximum absolute atomic E-state index is 12.2. The highest BCUT2D eigenvalue weighted by atomic mass is 79.9. The fraction of sp³-hybridized carbons (Fsp3) is 0.150. The fourth-order valence-corrected chi connectivity index (χ4v) is 3.74. The van der Waals surface area contributed by atoms with E-state index in [-0.39, 0.29) is 12.4 Å². The summed E-state index contributed by atoms with van der Waals surface area (Å²) in [6.07, 6.45) is 1.49. The average Bonchev–Trinajstić information content (AvgIpc) is 3.12. The van der Waals surface area contributed by atoms with Crippen LogP contribution in [0.2, 0.25) is 0 Å². The molecule has 150 valence electrons. The summed E-state index contributed by atoms with van der Waals surface area (Å²) in [5.41, 5.74) is 3.75. The number of esters is 1. The van der Waals surface area contributed by atoms with Crippen LogP contribution in [0.25, 0.3) is 11.0 Å². The van der Waals surface area contributed by atoms with Gasteiger partial charge in [-0.3, -0.25) is 4.79 Å². The Bertz CT molecular complexity index is 1060. The lowest BCUT2D eigenvalue weighted by molar-refractivity contribution is -0.145. The molecule has 0 atom stereocenters. The molecular weight excluding hydrogens is 508 g/mol. The van der Waals surface area contributed by atoms with Gasteiger partial charge in [0.05, 0.1) is 17.3 Å². The van der Waals surface area contributed by atoms with E-state index in [1.165, 1.54) is 6.21 Å². The Hall–Kier alpha value is -2.65. The number of fused-ring (bicyclic) bond motifs is 1. The number of hydrogen-bond acceptors (Lipinski definition) is 6. The number of carbonyl (C=O) groups is 2. The van der Waals surface area contributed by atoms with E-state index < -0.39 is 11.9 Å². The monoisotopic (exact) mass is 522 g/mol. The number of furan rings is 1. The Morgan fingerprint density at radius 1 is 1.17 bits per heavy atom. The Morgan fingerprint density at radius 3 is 2.66 bits per heavy atom. The lowest BCUT2D eigenvalue weighted by Crippen LogP contribution is -2.16. The summed E-state index contributed by atoms with van der Waals surface area (Å²) >= 11 is 6.80. The molecule has 0 saturated heterocycles. The number of halogens is 2. The number of rotatable bonds is 7. The molecular formula is C20H16Br2N2O5. The summed E-state index contributed by atoms with van der Waals surface area (Å²) in [6, 6.07) is 12.2. The normalized spacial score (nSPS) is 11.0. The number of benzene rings is 2. The molecule has 0 aliphatic heterocycles.